The molecule has 5 nitrogen and oxygen atoms in total. The van der Waals surface area contributed by atoms with Crippen LogP contribution in [-0.4, -0.2) is 19.6 Å². The van der Waals surface area contributed by atoms with Gasteiger partial charge in [0.2, 0.25) is 0 Å². The molecule has 0 saturated heterocycles. The first-order valence-corrected chi connectivity index (χ1v) is 7.79. The van der Waals surface area contributed by atoms with E-state index in [2.05, 4.69) is 15.2 Å². The van der Waals surface area contributed by atoms with Crippen LogP contribution in [0, 0.1) is 0 Å². The molecule has 0 fully saturated rings. The molecule has 0 spiro atoms. The Morgan fingerprint density at radius 3 is 2.92 bits per heavy atom. The van der Waals surface area contributed by atoms with Gasteiger partial charge >= 0.3 is 0 Å². The number of halogens is 1. The molecule has 0 saturated carbocycles. The second-order valence-corrected chi connectivity index (χ2v) is 5.73. The van der Waals surface area contributed by atoms with Crippen LogP contribution >= 0.6 is 11.6 Å². The van der Waals surface area contributed by atoms with Crippen LogP contribution in [0.2, 0.25) is 5.02 Å². The molecule has 2 aromatic carbocycles. The van der Waals surface area contributed by atoms with E-state index in [1.54, 1.807) is 16.9 Å². The molecule has 0 N–H and O–H groups in total. The van der Waals surface area contributed by atoms with E-state index in [0.717, 1.165) is 22.4 Å². The zero-order chi connectivity index (χ0) is 16.4. The summed E-state index contributed by atoms with van der Waals surface area (Å²) < 4.78 is 7.78. The van der Waals surface area contributed by atoms with Crippen LogP contribution in [0.3, 0.4) is 0 Å². The van der Waals surface area contributed by atoms with Gasteiger partial charge in [-0.2, -0.15) is 0 Å². The number of nitrogens with zero attached hydrogens (tertiary/aromatic N) is 4. The minimum Gasteiger partial charge on any atom is -0.488 e. The SMILES string of the molecule is Clc1cccc(COc2ccccc2-c2cnc3nncn3c2)c1. The molecule has 2 aromatic heterocycles. The average molecular weight is 337 g/mol. The molecule has 0 aliphatic rings. The van der Waals surface area contributed by atoms with Crippen molar-refractivity contribution < 1.29 is 4.74 Å². The summed E-state index contributed by atoms with van der Waals surface area (Å²) in [6, 6.07) is 15.5. The molecule has 0 radical (unpaired) electrons. The molecule has 0 bridgehead atoms. The third kappa shape index (κ3) is 2.94. The number of rotatable bonds is 4. The summed E-state index contributed by atoms with van der Waals surface area (Å²) in [5.41, 5.74) is 2.91. The molecular formula is C18H13ClN4O. The van der Waals surface area contributed by atoms with Gasteiger partial charge in [0, 0.05) is 28.5 Å². The lowest BCUT2D eigenvalue weighted by atomic mass is 10.1. The standard InChI is InChI=1S/C18H13ClN4O/c19-15-5-3-4-13(8-15)11-24-17-7-2-1-6-16(17)14-9-20-18-22-21-12-23(18)10-14/h1-10,12H,11H2. The molecule has 0 atom stereocenters. The number of ether oxygens (including phenoxy) is 1. The van der Waals surface area contributed by atoms with E-state index >= 15 is 0 Å². The molecule has 24 heavy (non-hydrogen) atoms. The minimum atomic E-state index is 0.444. The summed E-state index contributed by atoms with van der Waals surface area (Å²) >= 11 is 6.02. The Morgan fingerprint density at radius 1 is 1.08 bits per heavy atom. The van der Waals surface area contributed by atoms with Crippen LogP contribution in [-0.2, 0) is 6.61 Å². The Hall–Kier alpha value is -2.92. The van der Waals surface area contributed by atoms with Crippen molar-refractivity contribution in [3.05, 3.63) is 77.8 Å². The Morgan fingerprint density at radius 2 is 2.00 bits per heavy atom. The van der Waals surface area contributed by atoms with Crippen molar-refractivity contribution >= 4 is 17.4 Å². The van der Waals surface area contributed by atoms with Crippen molar-refractivity contribution in [2.45, 2.75) is 6.61 Å². The second kappa shape index (κ2) is 6.29. The number of benzene rings is 2. The highest BCUT2D eigenvalue weighted by molar-refractivity contribution is 6.30. The highest BCUT2D eigenvalue weighted by atomic mass is 35.5. The van der Waals surface area contributed by atoms with E-state index < -0.39 is 0 Å². The maximum Gasteiger partial charge on any atom is 0.254 e. The predicted molar refractivity (Wildman–Crippen MR) is 92.0 cm³/mol. The molecular weight excluding hydrogens is 324 g/mol. The first-order valence-electron chi connectivity index (χ1n) is 7.42. The van der Waals surface area contributed by atoms with E-state index in [0.29, 0.717) is 17.4 Å². The van der Waals surface area contributed by atoms with Gasteiger partial charge in [-0.3, -0.25) is 4.40 Å². The number of hydrogen-bond acceptors (Lipinski definition) is 4. The van der Waals surface area contributed by atoms with Crippen molar-refractivity contribution in [1.29, 1.82) is 0 Å². The monoisotopic (exact) mass is 336 g/mol. The van der Waals surface area contributed by atoms with E-state index in [-0.39, 0.29) is 0 Å². The molecule has 0 aliphatic carbocycles. The predicted octanol–water partition coefficient (Wildman–Crippen LogP) is 4.02. The van der Waals surface area contributed by atoms with Gasteiger partial charge in [-0.15, -0.1) is 10.2 Å². The van der Waals surface area contributed by atoms with Crippen molar-refractivity contribution in [1.82, 2.24) is 19.6 Å². The van der Waals surface area contributed by atoms with Crippen molar-refractivity contribution in [3.63, 3.8) is 0 Å². The van der Waals surface area contributed by atoms with Crippen molar-refractivity contribution in [2.75, 3.05) is 0 Å². The molecule has 2 heterocycles. The fraction of sp³-hybridized carbons (Fsp3) is 0.0556. The van der Waals surface area contributed by atoms with E-state index in [1.165, 1.54) is 0 Å². The highest BCUT2D eigenvalue weighted by Gasteiger charge is 2.08. The van der Waals surface area contributed by atoms with Gasteiger partial charge in [0.25, 0.3) is 5.78 Å². The zero-order valence-corrected chi connectivity index (χ0v) is 13.4. The van der Waals surface area contributed by atoms with Crippen LogP contribution in [0.25, 0.3) is 16.9 Å². The maximum absolute atomic E-state index is 6.02. The summed E-state index contributed by atoms with van der Waals surface area (Å²) in [4.78, 5) is 4.30. The number of fused-ring (bicyclic) bond motifs is 1. The minimum absolute atomic E-state index is 0.444. The highest BCUT2D eigenvalue weighted by Crippen LogP contribution is 2.30. The third-order valence-electron chi connectivity index (χ3n) is 3.63. The van der Waals surface area contributed by atoms with Crippen molar-refractivity contribution in [3.8, 4) is 16.9 Å². The third-order valence-corrected chi connectivity index (χ3v) is 3.87. The summed E-state index contributed by atoms with van der Waals surface area (Å²) in [7, 11) is 0. The molecule has 6 heteroatoms. The van der Waals surface area contributed by atoms with Crippen LogP contribution in [0.4, 0.5) is 0 Å². The first kappa shape index (κ1) is 14.7. The van der Waals surface area contributed by atoms with Crippen molar-refractivity contribution in [2.24, 2.45) is 0 Å². The number of aromatic nitrogens is 4. The van der Waals surface area contributed by atoms with Crippen LogP contribution in [0.1, 0.15) is 5.56 Å². The molecule has 0 unspecified atom stereocenters. The van der Waals surface area contributed by atoms with Gasteiger partial charge < -0.3 is 4.74 Å². The maximum atomic E-state index is 6.02. The normalized spacial score (nSPS) is 10.9. The Labute approximate surface area is 143 Å². The fourth-order valence-electron chi connectivity index (χ4n) is 2.49. The van der Waals surface area contributed by atoms with Crippen LogP contribution in [0.5, 0.6) is 5.75 Å². The Kier molecular flexibility index (Phi) is 3.84. The van der Waals surface area contributed by atoms with Gasteiger partial charge in [0.15, 0.2) is 0 Å². The van der Waals surface area contributed by atoms with E-state index in [4.69, 9.17) is 16.3 Å². The number of para-hydroxylation sites is 1. The number of hydrogen-bond donors (Lipinski definition) is 0. The first-order chi connectivity index (χ1) is 11.8. The van der Waals surface area contributed by atoms with E-state index in [1.807, 2.05) is 54.7 Å². The fourth-order valence-corrected chi connectivity index (χ4v) is 2.70. The lowest BCUT2D eigenvalue weighted by Gasteiger charge is -2.12. The smallest absolute Gasteiger partial charge is 0.254 e. The van der Waals surface area contributed by atoms with Crippen LogP contribution in [0.15, 0.2) is 67.3 Å². The molecule has 118 valence electrons. The Bertz CT molecular complexity index is 999. The topological polar surface area (TPSA) is 52.3 Å². The zero-order valence-electron chi connectivity index (χ0n) is 12.6. The lowest BCUT2D eigenvalue weighted by molar-refractivity contribution is 0.307. The quantitative estimate of drug-likeness (QED) is 0.564. The lowest BCUT2D eigenvalue weighted by Crippen LogP contribution is -1.98. The summed E-state index contributed by atoms with van der Waals surface area (Å²) in [5.74, 6) is 1.35. The Balaban J connectivity index is 1.64. The van der Waals surface area contributed by atoms with Gasteiger partial charge in [0.05, 0.1) is 0 Å². The van der Waals surface area contributed by atoms with Gasteiger partial charge in [0.1, 0.15) is 18.7 Å². The van der Waals surface area contributed by atoms with Crippen LogP contribution < -0.4 is 4.74 Å². The largest absolute Gasteiger partial charge is 0.488 e. The van der Waals surface area contributed by atoms with E-state index in [9.17, 15) is 0 Å². The summed E-state index contributed by atoms with van der Waals surface area (Å²) in [6.07, 6.45) is 5.33. The van der Waals surface area contributed by atoms with Gasteiger partial charge in [-0.05, 0) is 23.8 Å². The summed E-state index contributed by atoms with van der Waals surface area (Å²) in [5, 5.41) is 8.47. The van der Waals surface area contributed by atoms with Gasteiger partial charge in [-0.1, -0.05) is 41.9 Å². The average Bonchev–Trinajstić information content (AvgIpc) is 3.08. The second-order valence-electron chi connectivity index (χ2n) is 5.30. The molecule has 0 amide bonds. The van der Waals surface area contributed by atoms with Gasteiger partial charge in [-0.25, -0.2) is 4.98 Å². The molecule has 4 aromatic rings. The molecule has 0 aliphatic heterocycles. The molecule has 4 rings (SSSR count). The summed E-state index contributed by atoms with van der Waals surface area (Å²) in [6.45, 7) is 0.444.